The summed E-state index contributed by atoms with van der Waals surface area (Å²) in [5, 5.41) is 2.13. The minimum atomic E-state index is 0.672. The number of hydrogen-bond acceptors (Lipinski definition) is 2. The number of benzene rings is 3. The van der Waals surface area contributed by atoms with Gasteiger partial charge in [-0.05, 0) is 55.3 Å². The highest BCUT2D eigenvalue weighted by Crippen LogP contribution is 2.38. The fourth-order valence-corrected chi connectivity index (χ4v) is 4.70. The van der Waals surface area contributed by atoms with Crippen molar-refractivity contribution in [1.29, 1.82) is 0 Å². The van der Waals surface area contributed by atoms with Crippen LogP contribution in [0.1, 0.15) is 11.1 Å². The van der Waals surface area contributed by atoms with Crippen molar-refractivity contribution in [1.82, 2.24) is 9.55 Å². The van der Waals surface area contributed by atoms with Gasteiger partial charge in [-0.3, -0.25) is 0 Å². The highest BCUT2D eigenvalue weighted by Gasteiger charge is 2.30. The van der Waals surface area contributed by atoms with Crippen LogP contribution < -0.4 is 4.57 Å². The Morgan fingerprint density at radius 2 is 1.61 bits per heavy atom. The molecule has 0 radical (unpaired) electrons. The Hall–Kier alpha value is -3.92. The molecule has 0 saturated heterocycles. The van der Waals surface area contributed by atoms with Gasteiger partial charge in [-0.2, -0.15) is 4.57 Å². The number of furan rings is 1. The summed E-state index contributed by atoms with van der Waals surface area (Å²) in [6.45, 7) is 4.31. The lowest BCUT2D eigenvalue weighted by atomic mass is 10.0. The normalized spacial score (nSPS) is 11.7. The smallest absolute Gasteiger partial charge is 0.298 e. The van der Waals surface area contributed by atoms with Crippen LogP contribution in [0.15, 0.2) is 83.4 Å². The Morgan fingerprint density at radius 1 is 0.806 bits per heavy atom. The molecule has 4 heteroatoms. The van der Waals surface area contributed by atoms with Crippen molar-refractivity contribution in [3.05, 3.63) is 90.1 Å². The number of hydrogen-bond donors (Lipinski definition) is 0. The van der Waals surface area contributed by atoms with Crippen LogP contribution in [0.3, 0.4) is 0 Å². The van der Waals surface area contributed by atoms with Gasteiger partial charge in [-0.15, -0.1) is 0 Å². The Balaban J connectivity index is 1.83. The molecular weight excluding hydrogens is 382 g/mol. The minimum Gasteiger partial charge on any atom is -0.437 e. The molecule has 3 heterocycles. The number of nitrogens with zero attached hydrogens (tertiary/aromatic N) is 3. The van der Waals surface area contributed by atoms with E-state index in [1.165, 1.54) is 27.8 Å². The van der Waals surface area contributed by atoms with E-state index in [0.29, 0.717) is 5.71 Å². The fraction of sp³-hybridized carbons (Fsp3) is 0.111. The summed E-state index contributed by atoms with van der Waals surface area (Å²) in [7, 11) is 2.13. The third kappa shape index (κ3) is 2.48. The zero-order valence-corrected chi connectivity index (χ0v) is 17.8. The van der Waals surface area contributed by atoms with E-state index in [1.54, 1.807) is 6.20 Å². The minimum absolute atomic E-state index is 0.672. The van der Waals surface area contributed by atoms with Crippen molar-refractivity contribution in [2.75, 3.05) is 0 Å². The number of aromatic nitrogens is 3. The van der Waals surface area contributed by atoms with Gasteiger partial charge < -0.3 is 4.42 Å². The molecule has 0 aliphatic rings. The van der Waals surface area contributed by atoms with Crippen LogP contribution >= 0.6 is 0 Å². The molecule has 0 saturated carbocycles. The number of para-hydroxylation sites is 3. The van der Waals surface area contributed by atoms with E-state index in [-0.39, 0.29) is 0 Å². The fourth-order valence-electron chi connectivity index (χ4n) is 4.70. The van der Waals surface area contributed by atoms with Crippen LogP contribution in [0.2, 0.25) is 0 Å². The number of imidazole rings is 1. The maximum absolute atomic E-state index is 6.35. The second kappa shape index (κ2) is 6.54. The lowest BCUT2D eigenvalue weighted by Gasteiger charge is -2.09. The molecule has 3 aromatic carbocycles. The molecule has 0 aliphatic heterocycles. The van der Waals surface area contributed by atoms with E-state index in [2.05, 4.69) is 102 Å². The first-order valence-corrected chi connectivity index (χ1v) is 10.5. The Morgan fingerprint density at radius 3 is 2.48 bits per heavy atom. The predicted molar refractivity (Wildman–Crippen MR) is 124 cm³/mol. The summed E-state index contributed by atoms with van der Waals surface area (Å²) in [5.74, 6) is 1.10. The Labute approximate surface area is 180 Å². The molecule has 31 heavy (non-hydrogen) atoms. The molecule has 0 spiro atoms. The van der Waals surface area contributed by atoms with Crippen LogP contribution in [-0.4, -0.2) is 9.55 Å². The average molecular weight is 404 g/mol. The number of aryl methyl sites for hydroxylation is 3. The predicted octanol–water partition coefficient (Wildman–Crippen LogP) is 6.03. The number of rotatable bonds is 2. The zero-order valence-electron chi connectivity index (χ0n) is 17.8. The topological polar surface area (TPSA) is 34.8 Å². The van der Waals surface area contributed by atoms with Gasteiger partial charge in [-0.1, -0.05) is 42.5 Å². The van der Waals surface area contributed by atoms with Crippen molar-refractivity contribution in [3.8, 4) is 17.1 Å². The average Bonchev–Trinajstić information content (AvgIpc) is 3.30. The second-order valence-electron chi connectivity index (χ2n) is 8.09. The van der Waals surface area contributed by atoms with E-state index in [9.17, 15) is 0 Å². The second-order valence-corrected chi connectivity index (χ2v) is 8.09. The molecule has 6 rings (SSSR count). The molecule has 0 amide bonds. The monoisotopic (exact) mass is 404 g/mol. The van der Waals surface area contributed by atoms with Crippen molar-refractivity contribution in [3.63, 3.8) is 0 Å². The zero-order chi connectivity index (χ0) is 21.1. The molecule has 3 aromatic heterocycles. The van der Waals surface area contributed by atoms with Crippen LogP contribution in [0, 0.1) is 13.8 Å². The molecule has 6 aromatic rings. The molecule has 0 fully saturated rings. The van der Waals surface area contributed by atoms with Crippen LogP contribution in [0.25, 0.3) is 50.2 Å². The van der Waals surface area contributed by atoms with Crippen molar-refractivity contribution in [2.24, 2.45) is 7.05 Å². The molecular formula is C27H22N3O+. The van der Waals surface area contributed by atoms with Crippen molar-refractivity contribution < 1.29 is 8.98 Å². The third-order valence-corrected chi connectivity index (χ3v) is 6.22. The van der Waals surface area contributed by atoms with Crippen LogP contribution in [0.4, 0.5) is 0 Å². The van der Waals surface area contributed by atoms with Crippen LogP contribution in [0.5, 0.6) is 0 Å². The first kappa shape index (κ1) is 17.9. The summed E-state index contributed by atoms with van der Waals surface area (Å²) < 4.78 is 11.0. The van der Waals surface area contributed by atoms with E-state index in [1.807, 2.05) is 6.07 Å². The van der Waals surface area contributed by atoms with Crippen molar-refractivity contribution >= 4 is 33.1 Å². The van der Waals surface area contributed by atoms with Gasteiger partial charge in [0.1, 0.15) is 11.3 Å². The first-order valence-electron chi connectivity index (χ1n) is 10.5. The lowest BCUT2D eigenvalue weighted by molar-refractivity contribution is -0.633. The first-order chi connectivity index (χ1) is 15.1. The summed E-state index contributed by atoms with van der Waals surface area (Å²) in [6.07, 6.45) is 1.78. The van der Waals surface area contributed by atoms with Gasteiger partial charge in [0.15, 0.2) is 16.6 Å². The van der Waals surface area contributed by atoms with E-state index in [4.69, 9.17) is 4.42 Å². The van der Waals surface area contributed by atoms with E-state index < -0.39 is 0 Å². The highest BCUT2D eigenvalue weighted by molar-refractivity contribution is 6.08. The van der Waals surface area contributed by atoms with E-state index >= 15 is 0 Å². The molecule has 0 atom stereocenters. The third-order valence-electron chi connectivity index (χ3n) is 6.22. The van der Waals surface area contributed by atoms with Gasteiger partial charge in [0, 0.05) is 17.0 Å². The maximum Gasteiger partial charge on any atom is 0.298 e. The van der Waals surface area contributed by atoms with Crippen molar-refractivity contribution in [2.45, 2.75) is 13.8 Å². The summed E-state index contributed by atoms with van der Waals surface area (Å²) in [4.78, 5) is 4.46. The summed E-state index contributed by atoms with van der Waals surface area (Å²) >= 11 is 0. The van der Waals surface area contributed by atoms with Gasteiger partial charge in [0.05, 0.1) is 7.05 Å². The number of pyridine rings is 1. The Kier molecular flexibility index (Phi) is 3.78. The van der Waals surface area contributed by atoms with Gasteiger partial charge >= 0.3 is 0 Å². The molecule has 0 N–H and O–H groups in total. The standard InChI is InChI=1S/C27H22N3O/c1-17-9-4-5-11-21(17)30-23-13-7-6-12-22(23)29(3)27(30)24-18(2)14-15-19-20-10-8-16-28-26(20)31-25(19)24/h4-16H,1-3H3/q+1. The molecule has 0 bridgehead atoms. The molecule has 150 valence electrons. The highest BCUT2D eigenvalue weighted by atomic mass is 16.3. The quantitative estimate of drug-likeness (QED) is 0.330. The molecule has 4 nitrogen and oxygen atoms in total. The number of fused-ring (bicyclic) bond motifs is 4. The summed E-state index contributed by atoms with van der Waals surface area (Å²) in [5.41, 5.74) is 8.54. The maximum atomic E-state index is 6.35. The summed E-state index contributed by atoms with van der Waals surface area (Å²) in [6, 6.07) is 25.4. The SMILES string of the molecule is Cc1ccccc1-n1c(-c2c(C)ccc3c2oc2ncccc23)[n+](C)c2ccccc21. The Bertz CT molecular complexity index is 1620. The molecule has 0 unspecified atom stereocenters. The van der Waals surface area contributed by atoms with Gasteiger partial charge in [-0.25, -0.2) is 9.55 Å². The van der Waals surface area contributed by atoms with Gasteiger partial charge in [0.2, 0.25) is 5.71 Å². The lowest BCUT2D eigenvalue weighted by Crippen LogP contribution is -2.30. The largest absolute Gasteiger partial charge is 0.437 e. The molecule has 0 aliphatic carbocycles. The van der Waals surface area contributed by atoms with E-state index in [0.717, 1.165) is 27.7 Å². The van der Waals surface area contributed by atoms with Crippen LogP contribution in [-0.2, 0) is 7.05 Å². The van der Waals surface area contributed by atoms with Gasteiger partial charge in [0.25, 0.3) is 5.82 Å².